The molecule has 2 aromatic carbocycles. The molecule has 0 heterocycles. The standard InChI is InChI=1S/C17H17NO3/c1-2-20-11-3-5-13-14-6-4-12(21-8-7-18)10-16(14)17(19)15(13)9-11/h3-6,9-10H,2,7-8,18H2,1H3. The fraction of sp³-hybridized carbons (Fsp3) is 0.235. The first kappa shape index (κ1) is 13.6. The van der Waals surface area contributed by atoms with Gasteiger partial charge in [-0.3, -0.25) is 4.79 Å². The van der Waals surface area contributed by atoms with Crippen LogP contribution in [-0.4, -0.2) is 25.5 Å². The molecule has 21 heavy (non-hydrogen) atoms. The number of ketones is 1. The van der Waals surface area contributed by atoms with E-state index in [1.165, 1.54) is 0 Å². The van der Waals surface area contributed by atoms with Crippen molar-refractivity contribution in [1.29, 1.82) is 0 Å². The highest BCUT2D eigenvalue weighted by Gasteiger charge is 2.27. The van der Waals surface area contributed by atoms with E-state index in [-0.39, 0.29) is 5.78 Å². The van der Waals surface area contributed by atoms with Crippen molar-refractivity contribution in [3.05, 3.63) is 47.5 Å². The minimum absolute atomic E-state index is 0.0137. The molecule has 0 saturated heterocycles. The summed E-state index contributed by atoms with van der Waals surface area (Å²) in [4.78, 5) is 12.5. The van der Waals surface area contributed by atoms with Gasteiger partial charge in [-0.15, -0.1) is 0 Å². The van der Waals surface area contributed by atoms with Crippen molar-refractivity contribution in [2.24, 2.45) is 5.73 Å². The third kappa shape index (κ3) is 2.38. The van der Waals surface area contributed by atoms with E-state index in [0.29, 0.717) is 36.6 Å². The molecule has 0 aliphatic heterocycles. The number of carbonyl (C=O) groups is 1. The lowest BCUT2D eigenvalue weighted by atomic mass is 10.1. The molecule has 0 unspecified atom stereocenters. The Kier molecular flexibility index (Phi) is 3.62. The largest absolute Gasteiger partial charge is 0.494 e. The van der Waals surface area contributed by atoms with E-state index in [2.05, 4.69) is 0 Å². The number of benzene rings is 2. The Labute approximate surface area is 123 Å². The Morgan fingerprint density at radius 2 is 1.48 bits per heavy atom. The van der Waals surface area contributed by atoms with Gasteiger partial charge in [-0.2, -0.15) is 0 Å². The van der Waals surface area contributed by atoms with Crippen LogP contribution in [-0.2, 0) is 0 Å². The first-order valence-electron chi connectivity index (χ1n) is 7.03. The van der Waals surface area contributed by atoms with Gasteiger partial charge in [0.15, 0.2) is 5.78 Å². The fourth-order valence-corrected chi connectivity index (χ4v) is 2.56. The average Bonchev–Trinajstić information content (AvgIpc) is 2.78. The van der Waals surface area contributed by atoms with Gasteiger partial charge in [0.25, 0.3) is 0 Å². The van der Waals surface area contributed by atoms with Crippen LogP contribution in [0.25, 0.3) is 11.1 Å². The average molecular weight is 283 g/mol. The molecule has 0 aromatic heterocycles. The first-order chi connectivity index (χ1) is 10.2. The minimum Gasteiger partial charge on any atom is -0.494 e. The monoisotopic (exact) mass is 283 g/mol. The molecular weight excluding hydrogens is 266 g/mol. The highest BCUT2D eigenvalue weighted by atomic mass is 16.5. The summed E-state index contributed by atoms with van der Waals surface area (Å²) >= 11 is 0. The van der Waals surface area contributed by atoms with E-state index in [1.807, 2.05) is 37.3 Å². The SMILES string of the molecule is CCOc1ccc2c(c1)C(=O)c1cc(OCCN)ccc1-2. The lowest BCUT2D eigenvalue weighted by molar-refractivity contribution is 0.104. The second-order valence-corrected chi connectivity index (χ2v) is 4.81. The van der Waals surface area contributed by atoms with Crippen LogP contribution >= 0.6 is 0 Å². The van der Waals surface area contributed by atoms with E-state index >= 15 is 0 Å². The third-order valence-electron chi connectivity index (χ3n) is 3.46. The number of hydrogen-bond donors (Lipinski definition) is 1. The molecule has 0 bridgehead atoms. The van der Waals surface area contributed by atoms with Crippen LogP contribution in [0.15, 0.2) is 36.4 Å². The first-order valence-corrected chi connectivity index (χ1v) is 7.03. The highest BCUT2D eigenvalue weighted by Crippen LogP contribution is 2.39. The van der Waals surface area contributed by atoms with Gasteiger partial charge in [-0.25, -0.2) is 0 Å². The maximum Gasteiger partial charge on any atom is 0.194 e. The van der Waals surface area contributed by atoms with Crippen molar-refractivity contribution in [3.63, 3.8) is 0 Å². The number of hydrogen-bond acceptors (Lipinski definition) is 4. The number of nitrogens with two attached hydrogens (primary N) is 1. The molecule has 3 rings (SSSR count). The Balaban J connectivity index is 1.99. The predicted molar refractivity (Wildman–Crippen MR) is 81.0 cm³/mol. The molecule has 0 spiro atoms. The summed E-state index contributed by atoms with van der Waals surface area (Å²) in [5, 5.41) is 0. The molecule has 2 N–H and O–H groups in total. The van der Waals surface area contributed by atoms with Gasteiger partial charge >= 0.3 is 0 Å². The normalized spacial score (nSPS) is 12.0. The van der Waals surface area contributed by atoms with E-state index in [1.54, 1.807) is 6.07 Å². The highest BCUT2D eigenvalue weighted by molar-refractivity contribution is 6.22. The van der Waals surface area contributed by atoms with Gasteiger partial charge in [0, 0.05) is 17.7 Å². The summed E-state index contributed by atoms with van der Waals surface area (Å²) in [6, 6.07) is 11.2. The van der Waals surface area contributed by atoms with Crippen molar-refractivity contribution in [2.75, 3.05) is 19.8 Å². The summed E-state index contributed by atoms with van der Waals surface area (Å²) in [7, 11) is 0. The lowest BCUT2D eigenvalue weighted by Crippen LogP contribution is -2.10. The van der Waals surface area contributed by atoms with Gasteiger partial charge in [0.2, 0.25) is 0 Å². The van der Waals surface area contributed by atoms with Gasteiger partial charge in [0.05, 0.1) is 6.61 Å². The third-order valence-corrected chi connectivity index (χ3v) is 3.46. The van der Waals surface area contributed by atoms with Crippen LogP contribution in [0.3, 0.4) is 0 Å². The molecule has 0 saturated carbocycles. The van der Waals surface area contributed by atoms with Crippen molar-refractivity contribution >= 4 is 5.78 Å². The van der Waals surface area contributed by atoms with Crippen molar-refractivity contribution < 1.29 is 14.3 Å². The van der Waals surface area contributed by atoms with Crippen LogP contribution in [0.2, 0.25) is 0 Å². The number of fused-ring (bicyclic) bond motifs is 3. The molecule has 0 amide bonds. The van der Waals surface area contributed by atoms with Crippen LogP contribution in [0.5, 0.6) is 11.5 Å². The van der Waals surface area contributed by atoms with E-state index in [4.69, 9.17) is 15.2 Å². The Bertz CT molecular complexity index is 694. The maximum absolute atomic E-state index is 12.5. The van der Waals surface area contributed by atoms with Gasteiger partial charge in [0.1, 0.15) is 18.1 Å². The van der Waals surface area contributed by atoms with Crippen LogP contribution in [0.1, 0.15) is 22.8 Å². The summed E-state index contributed by atoms with van der Waals surface area (Å²) in [6.45, 7) is 3.39. The molecular formula is C17H17NO3. The van der Waals surface area contributed by atoms with Crippen molar-refractivity contribution in [1.82, 2.24) is 0 Å². The zero-order valence-corrected chi connectivity index (χ0v) is 11.9. The number of carbonyl (C=O) groups excluding carboxylic acids is 1. The van der Waals surface area contributed by atoms with E-state index in [0.717, 1.165) is 16.9 Å². The Morgan fingerprint density at radius 1 is 0.905 bits per heavy atom. The zero-order chi connectivity index (χ0) is 14.8. The van der Waals surface area contributed by atoms with Crippen LogP contribution in [0.4, 0.5) is 0 Å². The Hall–Kier alpha value is -2.33. The van der Waals surface area contributed by atoms with Gasteiger partial charge < -0.3 is 15.2 Å². The van der Waals surface area contributed by atoms with Crippen molar-refractivity contribution in [3.8, 4) is 22.6 Å². The maximum atomic E-state index is 12.5. The van der Waals surface area contributed by atoms with Gasteiger partial charge in [-0.1, -0.05) is 0 Å². The second kappa shape index (κ2) is 5.58. The molecule has 1 aliphatic carbocycles. The van der Waals surface area contributed by atoms with E-state index in [9.17, 15) is 4.79 Å². The summed E-state index contributed by atoms with van der Waals surface area (Å²) < 4.78 is 11.0. The second-order valence-electron chi connectivity index (χ2n) is 4.81. The van der Waals surface area contributed by atoms with Crippen LogP contribution in [0, 0.1) is 0 Å². The lowest BCUT2D eigenvalue weighted by Gasteiger charge is -2.06. The molecule has 0 radical (unpaired) electrons. The van der Waals surface area contributed by atoms with Crippen molar-refractivity contribution in [2.45, 2.75) is 6.92 Å². The number of rotatable bonds is 5. The fourth-order valence-electron chi connectivity index (χ4n) is 2.56. The minimum atomic E-state index is 0.0137. The smallest absolute Gasteiger partial charge is 0.194 e. The zero-order valence-electron chi connectivity index (χ0n) is 11.9. The molecule has 4 nitrogen and oxygen atoms in total. The Morgan fingerprint density at radius 3 is 2.00 bits per heavy atom. The molecule has 2 aromatic rings. The van der Waals surface area contributed by atoms with E-state index < -0.39 is 0 Å². The summed E-state index contributed by atoms with van der Waals surface area (Å²) in [5.74, 6) is 1.40. The number of ether oxygens (including phenoxy) is 2. The summed E-state index contributed by atoms with van der Waals surface area (Å²) in [6.07, 6.45) is 0. The molecule has 0 fully saturated rings. The molecule has 108 valence electrons. The predicted octanol–water partition coefficient (Wildman–Crippen LogP) is 2.63. The molecule has 1 aliphatic rings. The van der Waals surface area contributed by atoms with Gasteiger partial charge in [-0.05, 0) is 54.4 Å². The topological polar surface area (TPSA) is 61.5 Å². The molecule has 4 heteroatoms. The van der Waals surface area contributed by atoms with Crippen LogP contribution < -0.4 is 15.2 Å². The summed E-state index contributed by atoms with van der Waals surface area (Å²) in [5.41, 5.74) is 8.68. The quantitative estimate of drug-likeness (QED) is 0.782. The molecule has 0 atom stereocenters.